The van der Waals surface area contributed by atoms with E-state index in [9.17, 15) is 4.79 Å². The van der Waals surface area contributed by atoms with Gasteiger partial charge in [-0.05, 0) is 25.3 Å². The molecule has 2 rings (SSSR count). The van der Waals surface area contributed by atoms with Crippen LogP contribution >= 0.6 is 0 Å². The van der Waals surface area contributed by atoms with Gasteiger partial charge in [-0.2, -0.15) is 0 Å². The summed E-state index contributed by atoms with van der Waals surface area (Å²) in [5, 5.41) is 3.05. The van der Waals surface area contributed by atoms with Crippen LogP contribution in [0.5, 0.6) is 0 Å². The molecule has 0 aromatic heterocycles. The molecule has 1 saturated carbocycles. The third-order valence-electron chi connectivity index (χ3n) is 4.03. The second-order valence-corrected chi connectivity index (χ2v) is 6.07. The molecule has 1 amide bonds. The first kappa shape index (κ1) is 14.8. The maximum absolute atomic E-state index is 11.6. The standard InChI is InChI=1S/C14H28N4O/c1-12(10-15)11-18-8-6-17(7-9-18)5-4-14(19)16-13-2-3-13/h12-13H,2-11,15H2,1H3,(H,16,19). The summed E-state index contributed by atoms with van der Waals surface area (Å²) < 4.78 is 0. The highest BCUT2D eigenvalue weighted by molar-refractivity contribution is 5.76. The maximum atomic E-state index is 11.6. The number of rotatable bonds is 7. The first-order chi connectivity index (χ1) is 9.17. The van der Waals surface area contributed by atoms with E-state index in [1.807, 2.05) is 0 Å². The number of nitrogens with zero attached hydrogens (tertiary/aromatic N) is 2. The topological polar surface area (TPSA) is 61.6 Å². The Morgan fingerprint density at radius 2 is 1.89 bits per heavy atom. The van der Waals surface area contributed by atoms with Crippen LogP contribution in [0.2, 0.25) is 0 Å². The summed E-state index contributed by atoms with van der Waals surface area (Å²) in [6.07, 6.45) is 2.99. The zero-order valence-electron chi connectivity index (χ0n) is 12.1. The minimum Gasteiger partial charge on any atom is -0.353 e. The molecule has 1 atom stereocenters. The van der Waals surface area contributed by atoms with Gasteiger partial charge in [0.2, 0.25) is 5.91 Å². The fraction of sp³-hybridized carbons (Fsp3) is 0.929. The minimum atomic E-state index is 0.224. The molecule has 1 heterocycles. The van der Waals surface area contributed by atoms with Crippen molar-refractivity contribution >= 4 is 5.91 Å². The third kappa shape index (κ3) is 5.47. The van der Waals surface area contributed by atoms with Gasteiger partial charge in [-0.3, -0.25) is 4.79 Å². The van der Waals surface area contributed by atoms with Crippen molar-refractivity contribution in [3.05, 3.63) is 0 Å². The normalized spacial score (nSPS) is 23.3. The molecule has 19 heavy (non-hydrogen) atoms. The first-order valence-corrected chi connectivity index (χ1v) is 7.61. The van der Waals surface area contributed by atoms with E-state index in [0.717, 1.165) is 45.8 Å². The molecule has 3 N–H and O–H groups in total. The highest BCUT2D eigenvalue weighted by Crippen LogP contribution is 2.18. The quantitative estimate of drug-likeness (QED) is 0.675. The molecule has 0 aromatic rings. The summed E-state index contributed by atoms with van der Waals surface area (Å²) in [7, 11) is 0. The van der Waals surface area contributed by atoms with Gasteiger partial charge in [0.15, 0.2) is 0 Å². The van der Waals surface area contributed by atoms with Crippen molar-refractivity contribution in [2.24, 2.45) is 11.7 Å². The van der Waals surface area contributed by atoms with Crippen molar-refractivity contribution in [2.75, 3.05) is 45.8 Å². The fourth-order valence-electron chi connectivity index (χ4n) is 2.50. The fourth-order valence-corrected chi connectivity index (χ4v) is 2.50. The molecular formula is C14H28N4O. The molecule has 5 nitrogen and oxygen atoms in total. The number of carbonyl (C=O) groups is 1. The van der Waals surface area contributed by atoms with Crippen molar-refractivity contribution in [3.63, 3.8) is 0 Å². The lowest BCUT2D eigenvalue weighted by atomic mass is 10.1. The Morgan fingerprint density at radius 1 is 1.26 bits per heavy atom. The summed E-state index contributed by atoms with van der Waals surface area (Å²) >= 11 is 0. The van der Waals surface area contributed by atoms with E-state index < -0.39 is 0 Å². The van der Waals surface area contributed by atoms with Gasteiger partial charge in [0.25, 0.3) is 0 Å². The molecule has 0 spiro atoms. The summed E-state index contributed by atoms with van der Waals surface area (Å²) in [6, 6.07) is 0.488. The molecule has 1 aliphatic carbocycles. The molecular weight excluding hydrogens is 240 g/mol. The van der Waals surface area contributed by atoms with Crippen LogP contribution in [0.25, 0.3) is 0 Å². The summed E-state index contributed by atoms with van der Waals surface area (Å²) in [6.45, 7) is 9.34. The van der Waals surface area contributed by atoms with Gasteiger partial charge in [-0.25, -0.2) is 0 Å². The van der Waals surface area contributed by atoms with Crippen LogP contribution in [0.3, 0.4) is 0 Å². The lowest BCUT2D eigenvalue weighted by Crippen LogP contribution is -2.48. The second-order valence-electron chi connectivity index (χ2n) is 6.07. The van der Waals surface area contributed by atoms with Crippen LogP contribution in [0.15, 0.2) is 0 Å². The van der Waals surface area contributed by atoms with Crippen molar-refractivity contribution in [1.29, 1.82) is 0 Å². The highest BCUT2D eigenvalue weighted by atomic mass is 16.1. The molecule has 2 aliphatic rings. The van der Waals surface area contributed by atoms with E-state index >= 15 is 0 Å². The average Bonchev–Trinajstić information content (AvgIpc) is 3.21. The number of piperazine rings is 1. The lowest BCUT2D eigenvalue weighted by molar-refractivity contribution is -0.121. The molecule has 110 valence electrons. The zero-order chi connectivity index (χ0) is 13.7. The van der Waals surface area contributed by atoms with Gasteiger partial charge in [-0.15, -0.1) is 0 Å². The van der Waals surface area contributed by atoms with E-state index in [4.69, 9.17) is 5.73 Å². The van der Waals surface area contributed by atoms with Gasteiger partial charge in [0.1, 0.15) is 0 Å². The van der Waals surface area contributed by atoms with E-state index in [2.05, 4.69) is 22.0 Å². The number of hydrogen-bond acceptors (Lipinski definition) is 4. The summed E-state index contributed by atoms with van der Waals surface area (Å²) in [5.41, 5.74) is 5.66. The molecule has 0 radical (unpaired) electrons. The third-order valence-corrected chi connectivity index (χ3v) is 4.03. The van der Waals surface area contributed by atoms with Gasteiger partial charge in [-0.1, -0.05) is 6.92 Å². The minimum absolute atomic E-state index is 0.224. The van der Waals surface area contributed by atoms with E-state index in [-0.39, 0.29) is 5.91 Å². The van der Waals surface area contributed by atoms with Gasteiger partial charge in [0, 0.05) is 51.7 Å². The molecule has 2 fully saturated rings. The predicted molar refractivity (Wildman–Crippen MR) is 76.9 cm³/mol. The first-order valence-electron chi connectivity index (χ1n) is 7.61. The van der Waals surface area contributed by atoms with E-state index in [1.165, 1.54) is 12.8 Å². The lowest BCUT2D eigenvalue weighted by Gasteiger charge is -2.35. The number of amides is 1. The average molecular weight is 268 g/mol. The number of nitrogens with one attached hydrogen (secondary N) is 1. The van der Waals surface area contributed by atoms with Crippen LogP contribution in [-0.4, -0.2) is 67.6 Å². The predicted octanol–water partition coefficient (Wildman–Crippen LogP) is -0.132. The van der Waals surface area contributed by atoms with Crippen molar-refractivity contribution in [2.45, 2.75) is 32.2 Å². The Morgan fingerprint density at radius 3 is 2.47 bits per heavy atom. The van der Waals surface area contributed by atoms with Crippen LogP contribution in [0.1, 0.15) is 26.2 Å². The Hall–Kier alpha value is -0.650. The maximum Gasteiger partial charge on any atom is 0.221 e. The Bertz CT molecular complexity index is 285. The molecule has 5 heteroatoms. The van der Waals surface area contributed by atoms with Gasteiger partial charge in [0.05, 0.1) is 0 Å². The summed E-state index contributed by atoms with van der Waals surface area (Å²) in [4.78, 5) is 16.5. The van der Waals surface area contributed by atoms with Crippen LogP contribution in [0, 0.1) is 5.92 Å². The molecule has 0 aromatic carbocycles. The van der Waals surface area contributed by atoms with Crippen LogP contribution in [-0.2, 0) is 4.79 Å². The summed E-state index contributed by atoms with van der Waals surface area (Å²) in [5.74, 6) is 0.803. The zero-order valence-corrected chi connectivity index (χ0v) is 12.1. The molecule has 1 aliphatic heterocycles. The van der Waals surface area contributed by atoms with E-state index in [1.54, 1.807) is 0 Å². The monoisotopic (exact) mass is 268 g/mol. The molecule has 0 bridgehead atoms. The Balaban J connectivity index is 1.56. The van der Waals surface area contributed by atoms with Crippen molar-refractivity contribution in [1.82, 2.24) is 15.1 Å². The van der Waals surface area contributed by atoms with Gasteiger partial charge < -0.3 is 20.9 Å². The SMILES string of the molecule is CC(CN)CN1CCN(CCC(=O)NC2CC2)CC1. The van der Waals surface area contributed by atoms with Crippen LogP contribution < -0.4 is 11.1 Å². The molecule has 1 saturated heterocycles. The Kier molecular flexibility index (Phi) is 5.60. The van der Waals surface area contributed by atoms with Gasteiger partial charge >= 0.3 is 0 Å². The number of carbonyl (C=O) groups excluding carboxylic acids is 1. The van der Waals surface area contributed by atoms with Crippen LogP contribution in [0.4, 0.5) is 0 Å². The number of nitrogens with two attached hydrogens (primary N) is 1. The second kappa shape index (κ2) is 7.22. The molecule has 1 unspecified atom stereocenters. The number of hydrogen-bond donors (Lipinski definition) is 2. The van der Waals surface area contributed by atoms with Crippen molar-refractivity contribution < 1.29 is 4.79 Å². The smallest absolute Gasteiger partial charge is 0.221 e. The largest absolute Gasteiger partial charge is 0.353 e. The van der Waals surface area contributed by atoms with E-state index in [0.29, 0.717) is 18.4 Å². The highest BCUT2D eigenvalue weighted by Gasteiger charge is 2.24. The Labute approximate surface area is 116 Å². The van der Waals surface area contributed by atoms with Crippen molar-refractivity contribution in [3.8, 4) is 0 Å².